The lowest BCUT2D eigenvalue weighted by molar-refractivity contribution is 0.167. The highest BCUT2D eigenvalue weighted by Gasteiger charge is 2.00. The number of rotatable bonds is 5. The van der Waals surface area contributed by atoms with E-state index in [0.29, 0.717) is 13.1 Å². The van der Waals surface area contributed by atoms with Crippen LogP contribution in [-0.4, -0.2) is 27.3 Å². The Morgan fingerprint density at radius 2 is 2.58 bits per heavy atom. The minimum Gasteiger partial charge on any atom is -0.392 e. The van der Waals surface area contributed by atoms with Crippen LogP contribution in [0.25, 0.3) is 0 Å². The highest BCUT2D eigenvalue weighted by molar-refractivity contribution is 7.03. The zero-order valence-electron chi connectivity index (χ0n) is 7.03. The van der Waals surface area contributed by atoms with Crippen molar-refractivity contribution in [3.8, 4) is 0 Å². The maximum Gasteiger partial charge on any atom is 0.0893 e. The summed E-state index contributed by atoms with van der Waals surface area (Å²) in [6, 6.07) is 0. The van der Waals surface area contributed by atoms with E-state index in [9.17, 15) is 5.11 Å². The number of hydrogen-bond acceptors (Lipinski definition) is 5. The van der Waals surface area contributed by atoms with E-state index in [1.54, 1.807) is 0 Å². The summed E-state index contributed by atoms with van der Waals surface area (Å²) < 4.78 is 3.73. The van der Waals surface area contributed by atoms with Crippen molar-refractivity contribution >= 4 is 11.5 Å². The summed E-state index contributed by atoms with van der Waals surface area (Å²) in [5.74, 6) is 0. The summed E-state index contributed by atoms with van der Waals surface area (Å²) in [5, 5.41) is 18.0. The number of aliphatic hydroxyl groups excluding tert-OH is 1. The Bertz CT molecular complexity index is 202. The Morgan fingerprint density at radius 3 is 3.17 bits per heavy atom. The summed E-state index contributed by atoms with van der Waals surface area (Å²) in [4.78, 5) is 0. The average molecular weight is 187 g/mol. The topological polar surface area (TPSA) is 58.0 Å². The molecule has 1 atom stereocenters. The van der Waals surface area contributed by atoms with Gasteiger partial charge in [0.2, 0.25) is 0 Å². The molecule has 1 aromatic heterocycles. The molecule has 68 valence electrons. The Kier molecular flexibility index (Phi) is 4.13. The smallest absolute Gasteiger partial charge is 0.0893 e. The summed E-state index contributed by atoms with van der Waals surface area (Å²) in [6.45, 7) is 3.26. The maximum absolute atomic E-state index is 9.19. The Balaban J connectivity index is 2.11. The zero-order chi connectivity index (χ0) is 8.81. The van der Waals surface area contributed by atoms with Crippen molar-refractivity contribution in [1.29, 1.82) is 0 Å². The molecule has 0 amide bonds. The number of aromatic nitrogens is 2. The predicted octanol–water partition coefficient (Wildman–Crippen LogP) is 0.399. The second-order valence-corrected chi connectivity index (χ2v) is 3.20. The molecule has 0 aliphatic heterocycles. The molecule has 1 heterocycles. The molecular formula is C7H13N3OS. The number of hydrogen-bond donors (Lipinski definition) is 2. The van der Waals surface area contributed by atoms with Gasteiger partial charge in [0.1, 0.15) is 0 Å². The van der Waals surface area contributed by atoms with Gasteiger partial charge in [-0.2, -0.15) is 0 Å². The van der Waals surface area contributed by atoms with Crippen LogP contribution in [0.1, 0.15) is 19.0 Å². The van der Waals surface area contributed by atoms with Crippen molar-refractivity contribution in [3.05, 3.63) is 11.1 Å². The van der Waals surface area contributed by atoms with Crippen molar-refractivity contribution in [2.24, 2.45) is 0 Å². The van der Waals surface area contributed by atoms with Gasteiger partial charge in [-0.15, -0.1) is 5.10 Å². The van der Waals surface area contributed by atoms with Gasteiger partial charge in [0, 0.05) is 18.5 Å². The van der Waals surface area contributed by atoms with E-state index in [1.807, 2.05) is 12.3 Å². The fraction of sp³-hybridized carbons (Fsp3) is 0.714. The van der Waals surface area contributed by atoms with E-state index < -0.39 is 0 Å². The van der Waals surface area contributed by atoms with Gasteiger partial charge in [-0.3, -0.25) is 0 Å². The van der Waals surface area contributed by atoms with Crippen LogP contribution in [0.2, 0.25) is 0 Å². The second kappa shape index (κ2) is 5.18. The lowest BCUT2D eigenvalue weighted by Gasteiger charge is -2.07. The standard InChI is InChI=1S/C7H13N3OS/c1-2-7(11)4-8-3-6-5-12-10-9-6/h5,7-8,11H,2-4H2,1H3. The van der Waals surface area contributed by atoms with Crippen molar-refractivity contribution in [3.63, 3.8) is 0 Å². The minimum atomic E-state index is -0.253. The van der Waals surface area contributed by atoms with Crippen molar-refractivity contribution in [1.82, 2.24) is 14.9 Å². The van der Waals surface area contributed by atoms with Crippen LogP contribution in [0, 0.1) is 0 Å². The van der Waals surface area contributed by atoms with E-state index in [2.05, 4.69) is 14.9 Å². The molecule has 1 aromatic rings. The molecule has 0 fully saturated rings. The monoisotopic (exact) mass is 187 g/mol. The van der Waals surface area contributed by atoms with E-state index in [-0.39, 0.29) is 6.10 Å². The Morgan fingerprint density at radius 1 is 1.75 bits per heavy atom. The third kappa shape index (κ3) is 3.25. The molecule has 4 nitrogen and oxygen atoms in total. The summed E-state index contributed by atoms with van der Waals surface area (Å²) in [7, 11) is 0. The molecule has 12 heavy (non-hydrogen) atoms. The van der Waals surface area contributed by atoms with Crippen molar-refractivity contribution in [2.75, 3.05) is 6.54 Å². The molecule has 0 aliphatic rings. The Labute approximate surface area is 75.8 Å². The fourth-order valence-electron chi connectivity index (χ4n) is 0.772. The van der Waals surface area contributed by atoms with Crippen LogP contribution in [-0.2, 0) is 6.54 Å². The molecule has 0 aliphatic carbocycles. The van der Waals surface area contributed by atoms with E-state index in [1.165, 1.54) is 11.5 Å². The molecule has 0 saturated heterocycles. The van der Waals surface area contributed by atoms with Crippen LogP contribution in [0.15, 0.2) is 5.38 Å². The molecule has 1 rings (SSSR count). The first-order valence-electron chi connectivity index (χ1n) is 3.97. The van der Waals surface area contributed by atoms with Gasteiger partial charge >= 0.3 is 0 Å². The fourth-order valence-corrected chi connectivity index (χ4v) is 1.22. The number of aliphatic hydroxyl groups is 1. The van der Waals surface area contributed by atoms with E-state index in [4.69, 9.17) is 0 Å². The highest BCUT2D eigenvalue weighted by atomic mass is 32.1. The predicted molar refractivity (Wildman–Crippen MR) is 47.9 cm³/mol. The third-order valence-corrected chi connectivity index (χ3v) is 2.12. The van der Waals surface area contributed by atoms with Crippen molar-refractivity contribution in [2.45, 2.75) is 26.0 Å². The van der Waals surface area contributed by atoms with Crippen LogP contribution in [0.4, 0.5) is 0 Å². The van der Waals surface area contributed by atoms with E-state index >= 15 is 0 Å². The average Bonchev–Trinajstić information content (AvgIpc) is 2.57. The SMILES string of the molecule is CCC(O)CNCc1csnn1. The Hall–Kier alpha value is -0.520. The molecule has 0 spiro atoms. The molecule has 0 bridgehead atoms. The second-order valence-electron chi connectivity index (χ2n) is 2.59. The van der Waals surface area contributed by atoms with Gasteiger partial charge in [0.25, 0.3) is 0 Å². The zero-order valence-corrected chi connectivity index (χ0v) is 7.84. The summed E-state index contributed by atoms with van der Waals surface area (Å²) in [5.41, 5.74) is 0.934. The summed E-state index contributed by atoms with van der Waals surface area (Å²) >= 11 is 1.34. The minimum absolute atomic E-state index is 0.253. The lowest BCUT2D eigenvalue weighted by atomic mass is 10.3. The normalized spacial score (nSPS) is 13.2. The molecule has 0 saturated carbocycles. The van der Waals surface area contributed by atoms with Gasteiger partial charge < -0.3 is 10.4 Å². The van der Waals surface area contributed by atoms with Crippen LogP contribution in [0.3, 0.4) is 0 Å². The molecule has 0 aromatic carbocycles. The molecule has 0 radical (unpaired) electrons. The van der Waals surface area contributed by atoms with Crippen LogP contribution >= 0.6 is 11.5 Å². The first kappa shape index (κ1) is 9.57. The van der Waals surface area contributed by atoms with Crippen molar-refractivity contribution < 1.29 is 5.11 Å². The van der Waals surface area contributed by atoms with Gasteiger partial charge in [0.05, 0.1) is 11.8 Å². The molecule has 5 heteroatoms. The van der Waals surface area contributed by atoms with Gasteiger partial charge in [-0.1, -0.05) is 11.4 Å². The van der Waals surface area contributed by atoms with Gasteiger partial charge in [0.15, 0.2) is 0 Å². The first-order chi connectivity index (χ1) is 5.83. The molecular weight excluding hydrogens is 174 g/mol. The van der Waals surface area contributed by atoms with Crippen LogP contribution in [0.5, 0.6) is 0 Å². The highest BCUT2D eigenvalue weighted by Crippen LogP contribution is 1.96. The van der Waals surface area contributed by atoms with Gasteiger partial charge in [-0.25, -0.2) is 0 Å². The first-order valence-corrected chi connectivity index (χ1v) is 4.81. The van der Waals surface area contributed by atoms with Gasteiger partial charge in [-0.05, 0) is 18.0 Å². The van der Waals surface area contributed by atoms with Crippen LogP contribution < -0.4 is 5.32 Å². The maximum atomic E-state index is 9.19. The lowest BCUT2D eigenvalue weighted by Crippen LogP contribution is -2.25. The quantitative estimate of drug-likeness (QED) is 0.700. The molecule has 1 unspecified atom stereocenters. The largest absolute Gasteiger partial charge is 0.392 e. The third-order valence-electron chi connectivity index (χ3n) is 1.56. The number of nitrogens with zero attached hydrogens (tertiary/aromatic N) is 2. The molecule has 2 N–H and O–H groups in total. The number of nitrogens with one attached hydrogen (secondary N) is 1. The summed E-state index contributed by atoms with van der Waals surface area (Å²) in [6.07, 6.45) is 0.527. The van der Waals surface area contributed by atoms with E-state index in [0.717, 1.165) is 12.1 Å².